The van der Waals surface area contributed by atoms with Crippen molar-refractivity contribution in [3.05, 3.63) is 65.0 Å². The van der Waals surface area contributed by atoms with E-state index in [1.165, 1.54) is 34.4 Å². The van der Waals surface area contributed by atoms with Crippen molar-refractivity contribution in [1.82, 2.24) is 15.0 Å². The van der Waals surface area contributed by atoms with E-state index in [0.29, 0.717) is 0 Å². The van der Waals surface area contributed by atoms with Crippen LogP contribution in [0.1, 0.15) is 16.9 Å². The van der Waals surface area contributed by atoms with Gasteiger partial charge in [-0.25, -0.2) is 14.4 Å². The molecule has 7 heteroatoms. The standard InChI is InChI=1S/C24H22FN5S/c25-17-6-8-18(9-7-17)29-11-13-30(14-12-29)23-21-19-4-1-5-20(19)31-24(21)28-22(27-23)16-3-2-10-26-15-16/h2-3,6-10,15H,1,4-5,11-14H2. The zero-order valence-electron chi connectivity index (χ0n) is 17.1. The summed E-state index contributed by atoms with van der Waals surface area (Å²) in [6, 6.07) is 10.7. The zero-order valence-corrected chi connectivity index (χ0v) is 17.9. The van der Waals surface area contributed by atoms with Crippen LogP contribution in [0, 0.1) is 5.82 Å². The molecule has 2 aliphatic rings. The summed E-state index contributed by atoms with van der Waals surface area (Å²) in [5.74, 6) is 1.61. The van der Waals surface area contributed by atoms with Gasteiger partial charge in [0.1, 0.15) is 16.5 Å². The first-order valence-corrected chi connectivity index (χ1v) is 11.6. The summed E-state index contributed by atoms with van der Waals surface area (Å²) in [6.07, 6.45) is 7.10. The van der Waals surface area contributed by atoms with Gasteiger partial charge in [0.15, 0.2) is 5.82 Å². The number of aryl methyl sites for hydroxylation is 2. The predicted octanol–water partition coefficient (Wildman–Crippen LogP) is 4.71. The maximum absolute atomic E-state index is 13.3. The van der Waals surface area contributed by atoms with Crippen molar-refractivity contribution in [3.63, 3.8) is 0 Å². The molecule has 1 aliphatic heterocycles. The largest absolute Gasteiger partial charge is 0.368 e. The van der Waals surface area contributed by atoms with Gasteiger partial charge in [-0.3, -0.25) is 4.98 Å². The normalized spacial score (nSPS) is 16.2. The van der Waals surface area contributed by atoms with E-state index in [2.05, 4.69) is 14.8 Å². The minimum atomic E-state index is -0.194. The molecule has 4 aromatic rings. The Bertz CT molecular complexity index is 1230. The van der Waals surface area contributed by atoms with Crippen LogP contribution in [0.25, 0.3) is 21.6 Å². The van der Waals surface area contributed by atoms with Gasteiger partial charge < -0.3 is 9.80 Å². The number of piperazine rings is 1. The molecule has 0 unspecified atom stereocenters. The van der Waals surface area contributed by atoms with Gasteiger partial charge in [0, 0.05) is 54.7 Å². The molecule has 0 amide bonds. The summed E-state index contributed by atoms with van der Waals surface area (Å²) < 4.78 is 13.3. The van der Waals surface area contributed by atoms with E-state index < -0.39 is 0 Å². The van der Waals surface area contributed by atoms with Gasteiger partial charge in [-0.15, -0.1) is 11.3 Å². The molecule has 3 aromatic heterocycles. The number of halogens is 1. The molecule has 5 nitrogen and oxygen atoms in total. The van der Waals surface area contributed by atoms with Gasteiger partial charge in [0.25, 0.3) is 0 Å². The SMILES string of the molecule is Fc1ccc(N2CCN(c3nc(-c4cccnc4)nc4sc5c(c34)CCC5)CC2)cc1. The predicted molar refractivity (Wildman–Crippen MR) is 123 cm³/mol. The summed E-state index contributed by atoms with van der Waals surface area (Å²) in [5, 5.41) is 1.25. The molecule has 1 aromatic carbocycles. The highest BCUT2D eigenvalue weighted by molar-refractivity contribution is 7.19. The smallest absolute Gasteiger partial charge is 0.164 e. The van der Waals surface area contributed by atoms with Crippen molar-refractivity contribution in [3.8, 4) is 11.4 Å². The van der Waals surface area contributed by atoms with E-state index in [0.717, 1.165) is 66.7 Å². The highest BCUT2D eigenvalue weighted by atomic mass is 32.1. The molecule has 1 aliphatic carbocycles. The number of aromatic nitrogens is 3. The van der Waals surface area contributed by atoms with Crippen molar-refractivity contribution >= 4 is 33.1 Å². The second-order valence-electron chi connectivity index (χ2n) is 8.10. The van der Waals surface area contributed by atoms with Crippen LogP contribution in [0.15, 0.2) is 48.8 Å². The number of nitrogens with zero attached hydrogens (tertiary/aromatic N) is 5. The number of thiophene rings is 1. The van der Waals surface area contributed by atoms with Crippen molar-refractivity contribution in [1.29, 1.82) is 0 Å². The Labute approximate surface area is 184 Å². The molecule has 0 saturated carbocycles. The number of hydrogen-bond acceptors (Lipinski definition) is 6. The molecule has 31 heavy (non-hydrogen) atoms. The number of benzene rings is 1. The molecule has 0 bridgehead atoms. The fourth-order valence-corrected chi connectivity index (χ4v) is 5.91. The van der Waals surface area contributed by atoms with Gasteiger partial charge in [-0.05, 0) is 61.2 Å². The summed E-state index contributed by atoms with van der Waals surface area (Å²) in [7, 11) is 0. The first-order valence-electron chi connectivity index (χ1n) is 10.7. The minimum Gasteiger partial charge on any atom is -0.368 e. The summed E-state index contributed by atoms with van der Waals surface area (Å²) >= 11 is 1.83. The van der Waals surface area contributed by atoms with Gasteiger partial charge in [0.2, 0.25) is 0 Å². The number of anilines is 2. The number of hydrogen-bond donors (Lipinski definition) is 0. The Morgan fingerprint density at radius 2 is 1.71 bits per heavy atom. The van der Waals surface area contributed by atoms with Gasteiger partial charge in [-0.1, -0.05) is 0 Å². The molecule has 1 saturated heterocycles. The molecular weight excluding hydrogens is 409 g/mol. The first-order chi connectivity index (χ1) is 15.3. The average molecular weight is 432 g/mol. The van der Waals surface area contributed by atoms with E-state index in [9.17, 15) is 4.39 Å². The second kappa shape index (κ2) is 7.57. The summed E-state index contributed by atoms with van der Waals surface area (Å²) in [5.41, 5.74) is 3.47. The average Bonchev–Trinajstić information content (AvgIpc) is 3.41. The van der Waals surface area contributed by atoms with Crippen LogP contribution in [0.2, 0.25) is 0 Å². The highest BCUT2D eigenvalue weighted by Crippen LogP contribution is 2.41. The van der Waals surface area contributed by atoms with Crippen LogP contribution in [0.3, 0.4) is 0 Å². The molecular formula is C24H22FN5S. The maximum atomic E-state index is 13.3. The second-order valence-corrected chi connectivity index (χ2v) is 9.18. The van der Waals surface area contributed by atoms with E-state index in [1.54, 1.807) is 6.20 Å². The van der Waals surface area contributed by atoms with Crippen LogP contribution < -0.4 is 9.80 Å². The van der Waals surface area contributed by atoms with Crippen LogP contribution in [0.4, 0.5) is 15.9 Å². The van der Waals surface area contributed by atoms with Crippen molar-refractivity contribution in [2.24, 2.45) is 0 Å². The lowest BCUT2D eigenvalue weighted by atomic mass is 10.1. The maximum Gasteiger partial charge on any atom is 0.164 e. The monoisotopic (exact) mass is 431 g/mol. The molecule has 0 atom stereocenters. The highest BCUT2D eigenvalue weighted by Gasteiger charge is 2.27. The Morgan fingerprint density at radius 1 is 0.903 bits per heavy atom. The third-order valence-corrected chi connectivity index (χ3v) is 7.42. The first kappa shape index (κ1) is 18.7. The minimum absolute atomic E-state index is 0.194. The molecule has 6 rings (SSSR count). The lowest BCUT2D eigenvalue weighted by Gasteiger charge is -2.37. The van der Waals surface area contributed by atoms with Gasteiger partial charge in [0.05, 0.1) is 5.39 Å². The fourth-order valence-electron chi connectivity index (χ4n) is 4.66. The van der Waals surface area contributed by atoms with Gasteiger partial charge in [-0.2, -0.15) is 0 Å². The van der Waals surface area contributed by atoms with E-state index in [4.69, 9.17) is 9.97 Å². The van der Waals surface area contributed by atoms with E-state index in [1.807, 2.05) is 41.8 Å². The van der Waals surface area contributed by atoms with Gasteiger partial charge >= 0.3 is 0 Å². The van der Waals surface area contributed by atoms with Crippen molar-refractivity contribution < 1.29 is 4.39 Å². The van der Waals surface area contributed by atoms with Crippen LogP contribution in [-0.2, 0) is 12.8 Å². The summed E-state index contributed by atoms with van der Waals surface area (Å²) in [4.78, 5) is 21.5. The molecule has 0 N–H and O–H groups in total. The molecule has 4 heterocycles. The third kappa shape index (κ3) is 3.33. The number of fused-ring (bicyclic) bond motifs is 3. The number of rotatable bonds is 3. The Kier molecular flexibility index (Phi) is 4.56. The molecule has 0 radical (unpaired) electrons. The zero-order chi connectivity index (χ0) is 20.8. The van der Waals surface area contributed by atoms with E-state index >= 15 is 0 Å². The van der Waals surface area contributed by atoms with Crippen molar-refractivity contribution in [2.75, 3.05) is 36.0 Å². The quantitative estimate of drug-likeness (QED) is 0.470. The Balaban J connectivity index is 1.37. The molecule has 1 fully saturated rings. The van der Waals surface area contributed by atoms with Crippen LogP contribution >= 0.6 is 11.3 Å². The molecule has 156 valence electrons. The lowest BCUT2D eigenvalue weighted by molar-refractivity contribution is 0.624. The van der Waals surface area contributed by atoms with E-state index in [-0.39, 0.29) is 5.82 Å². The van der Waals surface area contributed by atoms with Crippen LogP contribution in [0.5, 0.6) is 0 Å². The topological polar surface area (TPSA) is 45.2 Å². The molecule has 0 spiro atoms. The summed E-state index contributed by atoms with van der Waals surface area (Å²) in [6.45, 7) is 3.51. The lowest BCUT2D eigenvalue weighted by Crippen LogP contribution is -2.47. The Morgan fingerprint density at radius 3 is 2.48 bits per heavy atom. The third-order valence-electron chi connectivity index (χ3n) is 6.24. The Hall–Kier alpha value is -3.06. The van der Waals surface area contributed by atoms with Crippen LogP contribution in [-0.4, -0.2) is 41.1 Å². The van der Waals surface area contributed by atoms with Crippen molar-refractivity contribution in [2.45, 2.75) is 19.3 Å². The fraction of sp³-hybridized carbons (Fsp3) is 0.292. The number of pyridine rings is 1.